The van der Waals surface area contributed by atoms with E-state index in [0.717, 1.165) is 30.6 Å². The van der Waals surface area contributed by atoms with E-state index in [1.54, 1.807) is 0 Å². The van der Waals surface area contributed by atoms with E-state index in [9.17, 15) is 0 Å². The minimum Gasteiger partial charge on any atom is -0.454 e. The van der Waals surface area contributed by atoms with E-state index in [-0.39, 0.29) is 0 Å². The van der Waals surface area contributed by atoms with Crippen LogP contribution in [0.1, 0.15) is 44.9 Å². The van der Waals surface area contributed by atoms with Crippen LogP contribution < -0.4 is 19.7 Å². The molecule has 1 saturated carbocycles. The largest absolute Gasteiger partial charge is 0.454 e. The summed E-state index contributed by atoms with van der Waals surface area (Å²) >= 11 is 0. The lowest BCUT2D eigenvalue weighted by molar-refractivity contribution is 0.174. The molecule has 1 aromatic rings. The molecule has 1 aliphatic carbocycles. The molecule has 4 heteroatoms. The van der Waals surface area contributed by atoms with Crippen LogP contribution in [-0.2, 0) is 0 Å². The molecule has 0 aromatic heterocycles. The second-order valence-corrected chi connectivity index (χ2v) is 6.82. The van der Waals surface area contributed by atoms with E-state index in [4.69, 9.17) is 9.47 Å². The van der Waals surface area contributed by atoms with Crippen molar-refractivity contribution in [2.75, 3.05) is 24.8 Å². The SMILES string of the molecule is c1cc2c(cc1N1CCCC(NC3CCCCC3)C1)OCO2. The normalized spacial score (nSPS) is 25.5. The highest BCUT2D eigenvalue weighted by molar-refractivity contribution is 5.57. The first-order chi connectivity index (χ1) is 10.9. The molecule has 22 heavy (non-hydrogen) atoms. The van der Waals surface area contributed by atoms with Crippen molar-refractivity contribution in [3.8, 4) is 11.5 Å². The first-order valence-corrected chi connectivity index (χ1v) is 8.79. The molecule has 1 saturated heterocycles. The molecular formula is C18H26N2O2. The fourth-order valence-corrected chi connectivity index (χ4v) is 4.03. The number of fused-ring (bicyclic) bond motifs is 1. The number of hydrogen-bond acceptors (Lipinski definition) is 4. The molecule has 120 valence electrons. The summed E-state index contributed by atoms with van der Waals surface area (Å²) in [7, 11) is 0. The Morgan fingerprint density at radius 3 is 2.64 bits per heavy atom. The summed E-state index contributed by atoms with van der Waals surface area (Å²) < 4.78 is 10.9. The molecule has 1 N–H and O–H groups in total. The fraction of sp³-hybridized carbons (Fsp3) is 0.667. The van der Waals surface area contributed by atoms with Gasteiger partial charge >= 0.3 is 0 Å². The third-order valence-electron chi connectivity index (χ3n) is 5.22. The van der Waals surface area contributed by atoms with Gasteiger partial charge in [-0.15, -0.1) is 0 Å². The lowest BCUT2D eigenvalue weighted by Gasteiger charge is -2.37. The molecule has 4 nitrogen and oxygen atoms in total. The molecule has 2 aliphatic heterocycles. The van der Waals surface area contributed by atoms with E-state index >= 15 is 0 Å². The number of anilines is 1. The maximum atomic E-state index is 5.51. The molecule has 1 unspecified atom stereocenters. The van der Waals surface area contributed by atoms with Gasteiger partial charge in [-0.2, -0.15) is 0 Å². The van der Waals surface area contributed by atoms with E-state index in [1.165, 1.54) is 50.6 Å². The summed E-state index contributed by atoms with van der Waals surface area (Å²) in [5, 5.41) is 3.91. The maximum Gasteiger partial charge on any atom is 0.231 e. The Hall–Kier alpha value is -1.42. The summed E-state index contributed by atoms with van der Waals surface area (Å²) in [6.07, 6.45) is 9.51. The molecule has 1 aromatic carbocycles. The van der Waals surface area contributed by atoms with Crippen LogP contribution in [-0.4, -0.2) is 32.0 Å². The monoisotopic (exact) mass is 302 g/mol. The minimum atomic E-state index is 0.352. The van der Waals surface area contributed by atoms with Crippen LogP contribution in [0, 0.1) is 0 Å². The lowest BCUT2D eigenvalue weighted by Crippen LogP contribution is -2.49. The summed E-state index contributed by atoms with van der Waals surface area (Å²) in [5.41, 5.74) is 1.26. The Balaban J connectivity index is 1.40. The topological polar surface area (TPSA) is 33.7 Å². The van der Waals surface area contributed by atoms with Crippen LogP contribution >= 0.6 is 0 Å². The number of rotatable bonds is 3. The first kappa shape index (κ1) is 14.2. The van der Waals surface area contributed by atoms with Crippen LogP contribution in [0.5, 0.6) is 11.5 Å². The minimum absolute atomic E-state index is 0.352. The van der Waals surface area contributed by atoms with Crippen molar-refractivity contribution in [1.82, 2.24) is 5.32 Å². The molecule has 2 fully saturated rings. The third-order valence-corrected chi connectivity index (χ3v) is 5.22. The zero-order chi connectivity index (χ0) is 14.8. The van der Waals surface area contributed by atoms with E-state index in [1.807, 2.05) is 6.07 Å². The van der Waals surface area contributed by atoms with Gasteiger partial charge in [0.25, 0.3) is 0 Å². The van der Waals surface area contributed by atoms with Crippen LogP contribution in [0.15, 0.2) is 18.2 Å². The van der Waals surface area contributed by atoms with E-state index < -0.39 is 0 Å². The van der Waals surface area contributed by atoms with Gasteiger partial charge in [-0.3, -0.25) is 0 Å². The van der Waals surface area contributed by atoms with Crippen molar-refractivity contribution in [1.29, 1.82) is 0 Å². The third kappa shape index (κ3) is 3.02. The van der Waals surface area contributed by atoms with Gasteiger partial charge in [0.2, 0.25) is 6.79 Å². The molecule has 0 amide bonds. The summed E-state index contributed by atoms with van der Waals surface area (Å²) in [4.78, 5) is 2.49. The summed E-state index contributed by atoms with van der Waals surface area (Å²) in [6.45, 7) is 2.60. The predicted molar refractivity (Wildman–Crippen MR) is 87.8 cm³/mol. The lowest BCUT2D eigenvalue weighted by atomic mass is 9.93. The zero-order valence-electron chi connectivity index (χ0n) is 13.2. The number of benzene rings is 1. The Morgan fingerprint density at radius 2 is 1.73 bits per heavy atom. The number of hydrogen-bond donors (Lipinski definition) is 1. The highest BCUT2D eigenvalue weighted by Crippen LogP contribution is 2.36. The van der Waals surface area contributed by atoms with Crippen LogP contribution in [0.2, 0.25) is 0 Å². The maximum absolute atomic E-state index is 5.51. The smallest absolute Gasteiger partial charge is 0.231 e. The molecule has 3 aliphatic rings. The molecule has 0 radical (unpaired) electrons. The summed E-state index contributed by atoms with van der Waals surface area (Å²) in [6, 6.07) is 7.70. The number of ether oxygens (including phenoxy) is 2. The second-order valence-electron chi connectivity index (χ2n) is 6.82. The van der Waals surface area contributed by atoms with Crippen molar-refractivity contribution in [2.45, 2.75) is 57.0 Å². The molecule has 2 heterocycles. The Morgan fingerprint density at radius 1 is 0.909 bits per heavy atom. The quantitative estimate of drug-likeness (QED) is 0.929. The van der Waals surface area contributed by atoms with Gasteiger partial charge in [-0.1, -0.05) is 19.3 Å². The van der Waals surface area contributed by atoms with Gasteiger partial charge in [0.05, 0.1) is 0 Å². The Bertz CT molecular complexity index is 514. The Kier molecular flexibility index (Phi) is 4.11. The van der Waals surface area contributed by atoms with Crippen molar-refractivity contribution < 1.29 is 9.47 Å². The highest BCUT2D eigenvalue weighted by Gasteiger charge is 2.24. The zero-order valence-corrected chi connectivity index (χ0v) is 13.2. The Labute approximate surface area is 132 Å². The van der Waals surface area contributed by atoms with Crippen molar-refractivity contribution in [3.63, 3.8) is 0 Å². The number of nitrogens with one attached hydrogen (secondary N) is 1. The molecule has 1 atom stereocenters. The van der Waals surface area contributed by atoms with E-state index in [0.29, 0.717) is 12.8 Å². The van der Waals surface area contributed by atoms with Gasteiger partial charge in [0, 0.05) is 36.9 Å². The van der Waals surface area contributed by atoms with Crippen LogP contribution in [0.3, 0.4) is 0 Å². The van der Waals surface area contributed by atoms with Crippen molar-refractivity contribution >= 4 is 5.69 Å². The molecule has 0 spiro atoms. The van der Waals surface area contributed by atoms with Crippen molar-refractivity contribution in [2.24, 2.45) is 0 Å². The fourth-order valence-electron chi connectivity index (χ4n) is 4.03. The van der Waals surface area contributed by atoms with Crippen LogP contribution in [0.25, 0.3) is 0 Å². The average Bonchev–Trinajstić information content (AvgIpc) is 3.04. The van der Waals surface area contributed by atoms with Gasteiger partial charge in [0.15, 0.2) is 11.5 Å². The molecule has 0 bridgehead atoms. The second kappa shape index (κ2) is 6.37. The van der Waals surface area contributed by atoms with Gasteiger partial charge in [0.1, 0.15) is 0 Å². The van der Waals surface area contributed by atoms with Crippen LogP contribution in [0.4, 0.5) is 5.69 Å². The predicted octanol–water partition coefficient (Wildman–Crippen LogP) is 3.31. The number of nitrogens with zero attached hydrogens (tertiary/aromatic N) is 1. The van der Waals surface area contributed by atoms with E-state index in [2.05, 4.69) is 22.3 Å². The van der Waals surface area contributed by atoms with Gasteiger partial charge in [-0.25, -0.2) is 0 Å². The first-order valence-electron chi connectivity index (χ1n) is 8.79. The van der Waals surface area contributed by atoms with Gasteiger partial charge < -0.3 is 19.7 Å². The number of piperidine rings is 1. The van der Waals surface area contributed by atoms with Gasteiger partial charge in [-0.05, 0) is 37.8 Å². The molecule has 4 rings (SSSR count). The summed E-state index contributed by atoms with van der Waals surface area (Å²) in [5.74, 6) is 1.76. The average molecular weight is 302 g/mol. The van der Waals surface area contributed by atoms with Crippen molar-refractivity contribution in [3.05, 3.63) is 18.2 Å². The highest BCUT2D eigenvalue weighted by atomic mass is 16.7. The standard InChI is InChI=1S/C18H26N2O2/c1-2-5-14(6-3-1)19-15-7-4-10-20(12-15)16-8-9-17-18(11-16)22-13-21-17/h8-9,11,14-15,19H,1-7,10,12-13H2. The molecular weight excluding hydrogens is 276 g/mol.